The summed E-state index contributed by atoms with van der Waals surface area (Å²) in [6.45, 7) is 13.1. The molecule has 1 nitrogen and oxygen atoms in total. The monoisotopic (exact) mass is 221 g/mol. The molecule has 66 valence electrons. The summed E-state index contributed by atoms with van der Waals surface area (Å²) < 4.78 is 0.432. The van der Waals surface area contributed by atoms with E-state index in [0.717, 1.165) is 0 Å². The second kappa shape index (κ2) is 3.73. The quantitative estimate of drug-likeness (QED) is 0.476. The van der Waals surface area contributed by atoms with Gasteiger partial charge in [0.15, 0.2) is 0 Å². The van der Waals surface area contributed by atoms with Crippen LogP contribution >= 0.6 is 0 Å². The van der Waals surface area contributed by atoms with Gasteiger partial charge in [-0.3, -0.25) is 0 Å². The molecule has 0 radical (unpaired) electrons. The molecule has 0 spiro atoms. The van der Waals surface area contributed by atoms with Crippen molar-refractivity contribution in [3.8, 4) is 0 Å². The first-order chi connectivity index (χ1) is 4.71. The van der Waals surface area contributed by atoms with Crippen LogP contribution in [0.4, 0.5) is 0 Å². The Morgan fingerprint density at radius 3 is 1.73 bits per heavy atom. The van der Waals surface area contributed by atoms with E-state index in [2.05, 4.69) is 51.6 Å². The predicted octanol–water partition coefficient (Wildman–Crippen LogP) is 2.74. The van der Waals surface area contributed by atoms with Gasteiger partial charge in [-0.1, -0.05) is 0 Å². The average Bonchev–Trinajstić information content (AvgIpc) is 1.55. The van der Waals surface area contributed by atoms with Crippen LogP contribution in [0.3, 0.4) is 0 Å². The van der Waals surface area contributed by atoms with Crippen LogP contribution in [0.25, 0.3) is 0 Å². The zero-order chi connectivity index (χ0) is 9.12. The first-order valence-electron chi connectivity index (χ1n) is 3.92. The van der Waals surface area contributed by atoms with E-state index in [1.807, 2.05) is 0 Å². The molecular formula is C9H19NSe. The van der Waals surface area contributed by atoms with Gasteiger partial charge in [0.05, 0.1) is 0 Å². The Balaban J connectivity index is 3.80. The molecule has 0 aromatic rings. The van der Waals surface area contributed by atoms with Gasteiger partial charge < -0.3 is 0 Å². The average molecular weight is 220 g/mol. The summed E-state index contributed by atoms with van der Waals surface area (Å²) in [5.74, 6) is 0. The van der Waals surface area contributed by atoms with Crippen LogP contribution in [0.2, 0.25) is 4.31 Å². The molecule has 0 heterocycles. The van der Waals surface area contributed by atoms with Crippen molar-refractivity contribution in [1.82, 2.24) is 0 Å². The minimum absolute atomic E-state index is 0.104. The van der Waals surface area contributed by atoms with Crippen molar-refractivity contribution >= 4 is 20.1 Å². The van der Waals surface area contributed by atoms with Crippen LogP contribution in [0.5, 0.6) is 0 Å². The number of aliphatic imine (C=N–C) groups is 1. The minimum atomic E-state index is 0.104. The fourth-order valence-electron chi connectivity index (χ4n) is 0.343. The second-order valence-electron chi connectivity index (χ2n) is 4.64. The van der Waals surface area contributed by atoms with Crippen LogP contribution in [0.1, 0.15) is 41.5 Å². The molecule has 0 rings (SSSR count). The Kier molecular flexibility index (Phi) is 3.79. The summed E-state index contributed by atoms with van der Waals surface area (Å²) in [4.78, 5) is 4.44. The molecule has 0 aliphatic carbocycles. The van der Waals surface area contributed by atoms with E-state index in [0.29, 0.717) is 19.3 Å². The van der Waals surface area contributed by atoms with E-state index in [4.69, 9.17) is 0 Å². The van der Waals surface area contributed by atoms with Crippen LogP contribution in [0, 0.1) is 0 Å². The summed E-state index contributed by atoms with van der Waals surface area (Å²) in [5.41, 5.74) is 0.104. The SMILES string of the molecule is CC(C)(C)N=C[Se]C(C)(C)C. The molecule has 0 aliphatic rings. The molecule has 0 aromatic carbocycles. The molecule has 0 aromatic heterocycles. The zero-order valence-electron chi connectivity index (χ0n) is 8.43. The molecule has 0 saturated heterocycles. The molecule has 2 heteroatoms. The van der Waals surface area contributed by atoms with Crippen LogP contribution in [0.15, 0.2) is 4.99 Å². The normalized spacial score (nSPS) is 14.4. The number of hydrogen-bond acceptors (Lipinski definition) is 1. The molecule has 0 amide bonds. The molecule has 0 atom stereocenters. The van der Waals surface area contributed by atoms with Gasteiger partial charge >= 0.3 is 76.5 Å². The Bertz CT molecular complexity index is 137. The number of nitrogens with zero attached hydrogens (tertiary/aromatic N) is 1. The molecule has 0 fully saturated rings. The van der Waals surface area contributed by atoms with Crippen molar-refractivity contribution < 1.29 is 0 Å². The van der Waals surface area contributed by atoms with Crippen molar-refractivity contribution in [1.29, 1.82) is 0 Å². The van der Waals surface area contributed by atoms with E-state index in [1.54, 1.807) is 0 Å². The van der Waals surface area contributed by atoms with Gasteiger partial charge in [-0.25, -0.2) is 0 Å². The summed E-state index contributed by atoms with van der Waals surface area (Å²) in [6, 6.07) is 0. The molecule has 0 saturated carbocycles. The fourth-order valence-corrected chi connectivity index (χ4v) is 1.78. The molecule has 0 aliphatic heterocycles. The maximum absolute atomic E-state index is 4.44. The summed E-state index contributed by atoms with van der Waals surface area (Å²) in [6.07, 6.45) is 0. The molecular weight excluding hydrogens is 201 g/mol. The van der Waals surface area contributed by atoms with Crippen molar-refractivity contribution in [2.45, 2.75) is 51.4 Å². The third kappa shape index (κ3) is 10.2. The summed E-state index contributed by atoms with van der Waals surface area (Å²) >= 11 is 0.528. The van der Waals surface area contributed by atoms with Gasteiger partial charge in [0.25, 0.3) is 0 Å². The summed E-state index contributed by atoms with van der Waals surface area (Å²) in [7, 11) is 0. The molecule has 0 unspecified atom stereocenters. The van der Waals surface area contributed by atoms with Gasteiger partial charge in [0, 0.05) is 0 Å². The van der Waals surface area contributed by atoms with Gasteiger partial charge in [-0.15, -0.1) is 0 Å². The van der Waals surface area contributed by atoms with Crippen LogP contribution < -0.4 is 0 Å². The maximum atomic E-state index is 4.44. The predicted molar refractivity (Wildman–Crippen MR) is 53.7 cm³/mol. The first kappa shape index (κ1) is 11.2. The van der Waals surface area contributed by atoms with E-state index < -0.39 is 0 Å². The van der Waals surface area contributed by atoms with Gasteiger partial charge in [-0.05, 0) is 0 Å². The van der Waals surface area contributed by atoms with Crippen LogP contribution in [-0.2, 0) is 0 Å². The van der Waals surface area contributed by atoms with E-state index in [9.17, 15) is 0 Å². The standard InChI is InChI=1S/C9H19NSe/c1-8(2,3)10-7-11-9(4,5)6/h7H,1-6H3. The summed E-state index contributed by atoms with van der Waals surface area (Å²) in [5, 5.41) is 2.10. The first-order valence-corrected chi connectivity index (χ1v) is 5.77. The fraction of sp³-hybridized carbons (Fsp3) is 0.889. The Morgan fingerprint density at radius 2 is 1.45 bits per heavy atom. The molecule has 11 heavy (non-hydrogen) atoms. The van der Waals surface area contributed by atoms with Gasteiger partial charge in [0.2, 0.25) is 0 Å². The molecule has 0 N–H and O–H groups in total. The Morgan fingerprint density at radius 1 is 1.00 bits per heavy atom. The van der Waals surface area contributed by atoms with E-state index in [-0.39, 0.29) is 5.54 Å². The molecule has 0 bridgehead atoms. The number of hydrogen-bond donors (Lipinski definition) is 0. The number of rotatable bonds is 1. The van der Waals surface area contributed by atoms with Crippen molar-refractivity contribution in [3.63, 3.8) is 0 Å². The van der Waals surface area contributed by atoms with E-state index in [1.165, 1.54) is 0 Å². The topological polar surface area (TPSA) is 12.4 Å². The van der Waals surface area contributed by atoms with Crippen LogP contribution in [-0.4, -0.2) is 25.6 Å². The third-order valence-electron chi connectivity index (χ3n) is 0.846. The Hall–Kier alpha value is 0.189. The van der Waals surface area contributed by atoms with Crippen molar-refractivity contribution in [2.75, 3.05) is 0 Å². The van der Waals surface area contributed by atoms with Crippen molar-refractivity contribution in [2.24, 2.45) is 4.99 Å². The third-order valence-corrected chi connectivity index (χ3v) is 2.77. The Labute approximate surface area is 76.8 Å². The van der Waals surface area contributed by atoms with Crippen molar-refractivity contribution in [3.05, 3.63) is 0 Å². The zero-order valence-corrected chi connectivity index (χ0v) is 10.1. The second-order valence-corrected chi connectivity index (χ2v) is 8.14. The van der Waals surface area contributed by atoms with Gasteiger partial charge in [-0.2, -0.15) is 0 Å². The van der Waals surface area contributed by atoms with E-state index >= 15 is 0 Å². The van der Waals surface area contributed by atoms with Gasteiger partial charge in [0.1, 0.15) is 0 Å².